The van der Waals surface area contributed by atoms with Crippen LogP contribution in [0.1, 0.15) is 26.2 Å². The number of hydrogen-bond acceptors (Lipinski definition) is 5. The first-order valence-electron chi connectivity index (χ1n) is 10.4. The van der Waals surface area contributed by atoms with E-state index in [0.717, 1.165) is 35.7 Å². The molecule has 1 saturated heterocycles. The van der Waals surface area contributed by atoms with Crippen LogP contribution in [0, 0.1) is 0 Å². The number of anilines is 1. The summed E-state index contributed by atoms with van der Waals surface area (Å²) in [6, 6.07) is 11.6. The number of ether oxygens (including phenoxy) is 1. The van der Waals surface area contributed by atoms with Crippen LogP contribution >= 0.6 is 0 Å². The lowest BCUT2D eigenvalue weighted by atomic mass is 10.1. The van der Waals surface area contributed by atoms with Crippen LogP contribution in [0.3, 0.4) is 0 Å². The monoisotopic (exact) mass is 409 g/mol. The topological polar surface area (TPSA) is 83.8 Å². The van der Waals surface area contributed by atoms with E-state index >= 15 is 0 Å². The number of methoxy groups -OCH3 is 1. The first-order valence-corrected chi connectivity index (χ1v) is 10.4. The molecule has 2 aromatic carbocycles. The predicted molar refractivity (Wildman–Crippen MR) is 117 cm³/mol. The molecule has 2 amide bonds. The van der Waals surface area contributed by atoms with E-state index in [1.165, 1.54) is 0 Å². The summed E-state index contributed by atoms with van der Waals surface area (Å²) in [7, 11) is 1.59. The molecule has 0 bridgehead atoms. The molecule has 4 rings (SSSR count). The fourth-order valence-corrected chi connectivity index (χ4v) is 4.06. The molecule has 2 N–H and O–H groups in total. The Morgan fingerprint density at radius 3 is 2.80 bits per heavy atom. The standard InChI is InChI=1S/C23H27N3O4/c1-3-22(27)24-15-7-6-10-26(13-15)14-23(28)25-18-12-20-17(11-21(18)29-2)16-8-4-5-9-19(16)30-20/h4-5,8-9,11-12,15H,3,6-7,10,13-14H2,1-2H3,(H,24,27)(H,25,28). The van der Waals surface area contributed by atoms with Crippen LogP contribution < -0.4 is 15.4 Å². The van der Waals surface area contributed by atoms with Crippen molar-refractivity contribution in [1.29, 1.82) is 0 Å². The predicted octanol–water partition coefficient (Wildman–Crippen LogP) is 3.52. The maximum atomic E-state index is 12.7. The van der Waals surface area contributed by atoms with E-state index in [9.17, 15) is 9.59 Å². The summed E-state index contributed by atoms with van der Waals surface area (Å²) < 4.78 is 11.4. The number of para-hydroxylation sites is 1. The first kappa shape index (κ1) is 20.2. The van der Waals surface area contributed by atoms with Crippen molar-refractivity contribution in [1.82, 2.24) is 10.2 Å². The van der Waals surface area contributed by atoms with Crippen molar-refractivity contribution < 1.29 is 18.7 Å². The van der Waals surface area contributed by atoms with E-state index in [4.69, 9.17) is 9.15 Å². The highest BCUT2D eigenvalue weighted by Gasteiger charge is 2.23. The van der Waals surface area contributed by atoms with E-state index in [1.807, 2.05) is 43.3 Å². The molecule has 1 atom stereocenters. The minimum Gasteiger partial charge on any atom is -0.495 e. The maximum Gasteiger partial charge on any atom is 0.238 e. The number of benzene rings is 2. The Kier molecular flexibility index (Phi) is 5.90. The molecular weight excluding hydrogens is 382 g/mol. The number of furan rings is 1. The molecule has 0 spiro atoms. The third kappa shape index (κ3) is 4.26. The third-order valence-corrected chi connectivity index (χ3v) is 5.53. The zero-order valence-corrected chi connectivity index (χ0v) is 17.4. The van der Waals surface area contributed by atoms with E-state index < -0.39 is 0 Å². The lowest BCUT2D eigenvalue weighted by Crippen LogP contribution is -2.49. The summed E-state index contributed by atoms with van der Waals surface area (Å²) in [6.45, 7) is 3.62. The molecule has 1 aromatic heterocycles. The second-order valence-corrected chi connectivity index (χ2v) is 7.69. The number of likely N-dealkylation sites (tertiary alicyclic amines) is 1. The van der Waals surface area contributed by atoms with Crippen LogP contribution in [-0.4, -0.2) is 49.5 Å². The average molecular weight is 409 g/mol. The van der Waals surface area contributed by atoms with Gasteiger partial charge in [0.2, 0.25) is 11.8 Å². The van der Waals surface area contributed by atoms with Gasteiger partial charge in [0.25, 0.3) is 0 Å². The number of hydrogen-bond donors (Lipinski definition) is 2. The number of amides is 2. The molecule has 2 heterocycles. The maximum absolute atomic E-state index is 12.7. The summed E-state index contributed by atoms with van der Waals surface area (Å²) in [4.78, 5) is 26.5. The van der Waals surface area contributed by atoms with Gasteiger partial charge in [0.15, 0.2) is 0 Å². The third-order valence-electron chi connectivity index (χ3n) is 5.53. The summed E-state index contributed by atoms with van der Waals surface area (Å²) >= 11 is 0. The summed E-state index contributed by atoms with van der Waals surface area (Å²) in [5.41, 5.74) is 2.08. The number of rotatable bonds is 6. The SMILES string of the molecule is CCC(=O)NC1CCCN(CC(=O)Nc2cc3oc4ccccc4c3cc2OC)C1. The molecule has 7 nitrogen and oxygen atoms in total. The number of carbonyl (C=O) groups excluding carboxylic acids is 2. The van der Waals surface area contributed by atoms with Crippen LogP contribution in [-0.2, 0) is 9.59 Å². The molecule has 1 aliphatic heterocycles. The second-order valence-electron chi connectivity index (χ2n) is 7.69. The molecular formula is C23H27N3O4. The van der Waals surface area contributed by atoms with E-state index in [-0.39, 0.29) is 24.4 Å². The van der Waals surface area contributed by atoms with Crippen molar-refractivity contribution >= 4 is 39.4 Å². The van der Waals surface area contributed by atoms with Crippen molar-refractivity contribution in [2.24, 2.45) is 0 Å². The molecule has 3 aromatic rings. The average Bonchev–Trinajstić information content (AvgIpc) is 3.10. The van der Waals surface area contributed by atoms with E-state index in [1.54, 1.807) is 7.11 Å². The fraction of sp³-hybridized carbons (Fsp3) is 0.391. The Hall–Kier alpha value is -3.06. The highest BCUT2D eigenvalue weighted by Crippen LogP contribution is 2.36. The minimum atomic E-state index is -0.119. The lowest BCUT2D eigenvalue weighted by molar-refractivity contribution is -0.121. The van der Waals surface area contributed by atoms with Gasteiger partial charge in [-0.1, -0.05) is 25.1 Å². The zero-order chi connectivity index (χ0) is 21.1. The smallest absolute Gasteiger partial charge is 0.238 e. The Labute approximate surface area is 175 Å². The zero-order valence-electron chi connectivity index (χ0n) is 17.4. The van der Waals surface area contributed by atoms with Crippen LogP contribution in [0.25, 0.3) is 21.9 Å². The van der Waals surface area contributed by atoms with Gasteiger partial charge in [-0.15, -0.1) is 0 Å². The van der Waals surface area contributed by atoms with Crippen molar-refractivity contribution in [2.45, 2.75) is 32.2 Å². The molecule has 1 aliphatic rings. The van der Waals surface area contributed by atoms with Gasteiger partial charge in [0, 0.05) is 35.8 Å². The quantitative estimate of drug-likeness (QED) is 0.651. The van der Waals surface area contributed by atoms with Gasteiger partial charge in [-0.3, -0.25) is 14.5 Å². The van der Waals surface area contributed by atoms with Crippen LogP contribution in [0.2, 0.25) is 0 Å². The van der Waals surface area contributed by atoms with Gasteiger partial charge in [-0.2, -0.15) is 0 Å². The summed E-state index contributed by atoms with van der Waals surface area (Å²) in [5.74, 6) is 0.524. The lowest BCUT2D eigenvalue weighted by Gasteiger charge is -2.32. The first-order chi connectivity index (χ1) is 14.6. The van der Waals surface area contributed by atoms with Gasteiger partial charge < -0.3 is 19.8 Å². The number of piperidine rings is 1. The molecule has 158 valence electrons. The minimum absolute atomic E-state index is 0.0511. The van der Waals surface area contributed by atoms with Crippen molar-refractivity contribution in [3.63, 3.8) is 0 Å². The van der Waals surface area contributed by atoms with Crippen molar-refractivity contribution in [2.75, 3.05) is 32.1 Å². The summed E-state index contributed by atoms with van der Waals surface area (Å²) in [6.07, 6.45) is 2.37. The summed E-state index contributed by atoms with van der Waals surface area (Å²) in [5, 5.41) is 7.95. The molecule has 1 unspecified atom stereocenters. The number of carbonyl (C=O) groups is 2. The number of fused-ring (bicyclic) bond motifs is 3. The van der Waals surface area contributed by atoms with E-state index in [2.05, 4.69) is 15.5 Å². The van der Waals surface area contributed by atoms with Gasteiger partial charge in [0.05, 0.1) is 19.3 Å². The molecule has 30 heavy (non-hydrogen) atoms. The largest absolute Gasteiger partial charge is 0.495 e. The van der Waals surface area contributed by atoms with Crippen molar-refractivity contribution in [3.8, 4) is 5.75 Å². The Morgan fingerprint density at radius 1 is 1.17 bits per heavy atom. The van der Waals surface area contributed by atoms with Crippen molar-refractivity contribution in [3.05, 3.63) is 36.4 Å². The van der Waals surface area contributed by atoms with Gasteiger partial charge in [0.1, 0.15) is 16.9 Å². The van der Waals surface area contributed by atoms with Gasteiger partial charge in [-0.25, -0.2) is 0 Å². The molecule has 0 saturated carbocycles. The van der Waals surface area contributed by atoms with Crippen LogP contribution in [0.15, 0.2) is 40.8 Å². The van der Waals surface area contributed by atoms with Gasteiger partial charge in [-0.05, 0) is 31.5 Å². The highest BCUT2D eigenvalue weighted by molar-refractivity contribution is 6.07. The Bertz CT molecular complexity index is 1070. The fourth-order valence-electron chi connectivity index (χ4n) is 4.06. The Morgan fingerprint density at radius 2 is 2.00 bits per heavy atom. The second kappa shape index (κ2) is 8.75. The van der Waals surface area contributed by atoms with E-state index in [0.29, 0.717) is 30.0 Å². The highest BCUT2D eigenvalue weighted by atomic mass is 16.5. The molecule has 0 radical (unpaired) electrons. The molecule has 7 heteroatoms. The molecule has 0 aliphatic carbocycles. The normalized spacial score (nSPS) is 17.2. The van der Waals surface area contributed by atoms with Crippen LogP contribution in [0.5, 0.6) is 5.75 Å². The number of nitrogens with zero attached hydrogens (tertiary/aromatic N) is 1. The Balaban J connectivity index is 1.47. The van der Waals surface area contributed by atoms with Gasteiger partial charge >= 0.3 is 0 Å². The number of nitrogens with one attached hydrogen (secondary N) is 2. The van der Waals surface area contributed by atoms with Crippen LogP contribution in [0.4, 0.5) is 5.69 Å². The molecule has 1 fully saturated rings.